The molecule has 0 aliphatic rings. The fraction of sp³-hybridized carbons (Fsp3) is 0.778. The summed E-state index contributed by atoms with van der Waals surface area (Å²) >= 11 is 0. The first kappa shape index (κ1) is 16.5. The highest BCUT2D eigenvalue weighted by Crippen LogP contribution is 2.15. The van der Waals surface area contributed by atoms with E-state index in [0.29, 0.717) is 25.9 Å². The van der Waals surface area contributed by atoms with E-state index in [4.69, 9.17) is 13.3 Å². The summed E-state index contributed by atoms with van der Waals surface area (Å²) < 4.78 is 16.7. The monoisotopic (exact) mass is 236 g/mol. The minimum atomic E-state index is -2.41. The van der Waals surface area contributed by atoms with Crippen LogP contribution in [0.25, 0.3) is 0 Å². The molecule has 0 unspecified atom stereocenters. The van der Waals surface area contributed by atoms with Gasteiger partial charge in [-0.05, 0) is 31.7 Å². The van der Waals surface area contributed by atoms with Crippen molar-refractivity contribution in [2.24, 2.45) is 0 Å². The van der Waals surface area contributed by atoms with Gasteiger partial charge in [0, 0.05) is 25.9 Å². The van der Waals surface area contributed by atoms with Crippen LogP contribution < -0.4 is 0 Å². The Bertz CT molecular complexity index is 125. The zero-order chi connectivity index (χ0) is 10.2. The zero-order valence-corrected chi connectivity index (χ0v) is 9.84. The molecule has 0 fully saturated rings. The Morgan fingerprint density at radius 3 is 1.57 bits per heavy atom. The summed E-state index contributed by atoms with van der Waals surface area (Å²) in [6, 6.07) is 0.683. The van der Waals surface area contributed by atoms with Crippen LogP contribution in [0.15, 0.2) is 12.7 Å². The van der Waals surface area contributed by atoms with Crippen molar-refractivity contribution in [2.75, 3.05) is 19.8 Å². The van der Waals surface area contributed by atoms with Gasteiger partial charge in [-0.15, -0.1) is 6.58 Å². The molecule has 0 N–H and O–H groups in total. The lowest BCUT2D eigenvalue weighted by Gasteiger charge is -2.27. The van der Waals surface area contributed by atoms with E-state index in [9.17, 15) is 0 Å². The summed E-state index contributed by atoms with van der Waals surface area (Å²) in [4.78, 5) is 0. The summed E-state index contributed by atoms with van der Waals surface area (Å²) in [6.07, 6.45) is 1.80. The van der Waals surface area contributed by atoms with E-state index in [-0.39, 0.29) is 11.0 Å². The highest BCUT2D eigenvalue weighted by Gasteiger charge is 2.38. The van der Waals surface area contributed by atoms with Crippen molar-refractivity contribution in [3.63, 3.8) is 0 Å². The molecule has 3 nitrogen and oxygen atoms in total. The SMILES string of the molecule is C=CC[Si](OCC)(OCC)OCC.[SiH4]. The predicted molar refractivity (Wildman–Crippen MR) is 67.0 cm³/mol. The largest absolute Gasteiger partial charge is 0.504 e. The standard InChI is InChI=1S/C9H20O3Si.H4Si/c1-5-9-13(10-6-2,11-7-3)12-8-4;/h5H,1,6-9H2,2-4H3;1H4. The molecule has 86 valence electrons. The van der Waals surface area contributed by atoms with E-state index >= 15 is 0 Å². The van der Waals surface area contributed by atoms with E-state index in [1.807, 2.05) is 20.8 Å². The van der Waals surface area contributed by atoms with Crippen molar-refractivity contribution in [1.29, 1.82) is 0 Å². The van der Waals surface area contributed by atoms with Crippen LogP contribution in [-0.2, 0) is 13.3 Å². The third kappa shape index (κ3) is 5.71. The Morgan fingerprint density at radius 1 is 1.00 bits per heavy atom. The van der Waals surface area contributed by atoms with Crippen LogP contribution in [0.5, 0.6) is 0 Å². The van der Waals surface area contributed by atoms with Crippen LogP contribution in [0.3, 0.4) is 0 Å². The van der Waals surface area contributed by atoms with Gasteiger partial charge in [-0.3, -0.25) is 0 Å². The molecule has 14 heavy (non-hydrogen) atoms. The molecule has 0 radical (unpaired) electrons. The van der Waals surface area contributed by atoms with Crippen LogP contribution in [0, 0.1) is 0 Å². The fourth-order valence-corrected chi connectivity index (χ4v) is 3.41. The Balaban J connectivity index is 0. The molecule has 0 heterocycles. The van der Waals surface area contributed by atoms with Gasteiger partial charge in [0.1, 0.15) is 0 Å². The summed E-state index contributed by atoms with van der Waals surface area (Å²) in [5.74, 6) is 0. The fourth-order valence-electron chi connectivity index (χ4n) is 1.14. The minimum absolute atomic E-state index is 0. The number of rotatable bonds is 8. The van der Waals surface area contributed by atoms with Gasteiger partial charge >= 0.3 is 8.80 Å². The van der Waals surface area contributed by atoms with Gasteiger partial charge in [0.25, 0.3) is 0 Å². The quantitative estimate of drug-likeness (QED) is 0.460. The molecule has 0 saturated heterocycles. The number of hydrogen-bond donors (Lipinski definition) is 0. The maximum Gasteiger partial charge on any atom is 0.504 e. The van der Waals surface area contributed by atoms with Crippen LogP contribution in [0.4, 0.5) is 0 Å². The summed E-state index contributed by atoms with van der Waals surface area (Å²) in [6.45, 7) is 11.4. The van der Waals surface area contributed by atoms with Crippen molar-refractivity contribution in [3.05, 3.63) is 12.7 Å². The van der Waals surface area contributed by atoms with E-state index in [0.717, 1.165) is 0 Å². The average Bonchev–Trinajstić information content (AvgIpc) is 2.06. The molecule has 5 heteroatoms. The second-order valence-electron chi connectivity index (χ2n) is 2.47. The molecule has 0 spiro atoms. The molecule has 0 atom stereocenters. The summed E-state index contributed by atoms with van der Waals surface area (Å²) in [5.41, 5.74) is 0. The molecule has 0 rings (SSSR count). The summed E-state index contributed by atoms with van der Waals surface area (Å²) in [7, 11) is -2.41. The minimum Gasteiger partial charge on any atom is -0.374 e. The molecule has 0 aromatic carbocycles. The normalized spacial score (nSPS) is 10.8. The van der Waals surface area contributed by atoms with E-state index in [1.165, 1.54) is 0 Å². The van der Waals surface area contributed by atoms with Gasteiger partial charge < -0.3 is 13.3 Å². The molecule has 0 aliphatic heterocycles. The summed E-state index contributed by atoms with van der Waals surface area (Å²) in [5, 5.41) is 0. The maximum atomic E-state index is 5.57. The lowest BCUT2D eigenvalue weighted by atomic mass is 10.8. The van der Waals surface area contributed by atoms with Gasteiger partial charge in [0.2, 0.25) is 0 Å². The molecule has 0 aromatic heterocycles. The molecule has 0 amide bonds. The third-order valence-electron chi connectivity index (χ3n) is 1.49. The first-order chi connectivity index (χ1) is 6.24. The topological polar surface area (TPSA) is 27.7 Å². The number of hydrogen-bond acceptors (Lipinski definition) is 3. The second-order valence-corrected chi connectivity index (χ2v) is 5.12. The van der Waals surface area contributed by atoms with Crippen LogP contribution in [-0.4, -0.2) is 39.6 Å². The van der Waals surface area contributed by atoms with Crippen LogP contribution >= 0.6 is 0 Å². The second kappa shape index (κ2) is 9.60. The Morgan fingerprint density at radius 2 is 1.36 bits per heavy atom. The van der Waals surface area contributed by atoms with Crippen LogP contribution in [0.2, 0.25) is 6.04 Å². The van der Waals surface area contributed by atoms with Crippen molar-refractivity contribution in [1.82, 2.24) is 0 Å². The van der Waals surface area contributed by atoms with Crippen molar-refractivity contribution in [2.45, 2.75) is 26.8 Å². The van der Waals surface area contributed by atoms with Gasteiger partial charge in [0.05, 0.1) is 0 Å². The molecule has 0 aliphatic carbocycles. The number of allylic oxidation sites excluding steroid dienone is 1. The average molecular weight is 236 g/mol. The van der Waals surface area contributed by atoms with Crippen LogP contribution in [0.1, 0.15) is 20.8 Å². The van der Waals surface area contributed by atoms with E-state index in [1.54, 1.807) is 6.08 Å². The van der Waals surface area contributed by atoms with Gasteiger partial charge in [-0.1, -0.05) is 6.08 Å². The van der Waals surface area contributed by atoms with E-state index in [2.05, 4.69) is 6.58 Å². The molecular formula is C9H24O3Si2. The molecule has 0 saturated carbocycles. The lowest BCUT2D eigenvalue weighted by Crippen LogP contribution is -2.45. The first-order valence-corrected chi connectivity index (χ1v) is 6.70. The third-order valence-corrected chi connectivity index (χ3v) is 4.46. The van der Waals surface area contributed by atoms with Crippen molar-refractivity contribution >= 4 is 19.8 Å². The molecular weight excluding hydrogens is 212 g/mol. The van der Waals surface area contributed by atoms with E-state index < -0.39 is 8.80 Å². The van der Waals surface area contributed by atoms with Crippen molar-refractivity contribution in [3.8, 4) is 0 Å². The smallest absolute Gasteiger partial charge is 0.374 e. The molecule has 0 aromatic rings. The highest BCUT2D eigenvalue weighted by molar-refractivity contribution is 6.61. The zero-order valence-electron chi connectivity index (χ0n) is 8.84. The predicted octanol–water partition coefficient (Wildman–Crippen LogP) is 0.769. The Kier molecular flexibility index (Phi) is 11.3. The Labute approximate surface area is 92.8 Å². The highest BCUT2D eigenvalue weighted by atomic mass is 28.4. The van der Waals surface area contributed by atoms with Gasteiger partial charge in [-0.25, -0.2) is 0 Å². The lowest BCUT2D eigenvalue weighted by molar-refractivity contribution is 0.0743. The first-order valence-electron chi connectivity index (χ1n) is 4.77. The maximum absolute atomic E-state index is 5.57. The van der Waals surface area contributed by atoms with Gasteiger partial charge in [0.15, 0.2) is 0 Å². The molecule has 0 bridgehead atoms. The Hall–Kier alpha value is 0.0538. The van der Waals surface area contributed by atoms with Gasteiger partial charge in [-0.2, -0.15) is 0 Å². The van der Waals surface area contributed by atoms with Crippen molar-refractivity contribution < 1.29 is 13.3 Å².